The summed E-state index contributed by atoms with van der Waals surface area (Å²) in [5.41, 5.74) is 0.991. The number of nitrogens with zero attached hydrogens (tertiary/aromatic N) is 1. The lowest BCUT2D eigenvalue weighted by atomic mass is 9.99. The Bertz CT molecular complexity index is 424. The molecule has 1 aromatic carbocycles. The SMILES string of the molecule is O=C(OCc1ccccc1)N1CCC[C@@H](COCCO)C1. The van der Waals surface area contributed by atoms with Crippen LogP contribution in [0.3, 0.4) is 0 Å². The van der Waals surface area contributed by atoms with Gasteiger partial charge in [-0.15, -0.1) is 0 Å². The van der Waals surface area contributed by atoms with Gasteiger partial charge in [0.15, 0.2) is 0 Å². The third-order valence-electron chi connectivity index (χ3n) is 3.57. The molecule has 0 spiro atoms. The van der Waals surface area contributed by atoms with Crippen LogP contribution in [0.25, 0.3) is 0 Å². The highest BCUT2D eigenvalue weighted by atomic mass is 16.6. The number of amides is 1. The maximum atomic E-state index is 12.1. The van der Waals surface area contributed by atoms with E-state index in [1.54, 1.807) is 4.90 Å². The Morgan fingerprint density at radius 3 is 2.90 bits per heavy atom. The Kier molecular flexibility index (Phi) is 6.50. The van der Waals surface area contributed by atoms with Gasteiger partial charge in [0, 0.05) is 19.0 Å². The molecule has 0 aliphatic carbocycles. The zero-order valence-corrected chi connectivity index (χ0v) is 12.2. The quantitative estimate of drug-likeness (QED) is 0.816. The predicted octanol–water partition coefficient (Wildman–Crippen LogP) is 2.04. The zero-order valence-electron chi connectivity index (χ0n) is 12.2. The Labute approximate surface area is 125 Å². The summed E-state index contributed by atoms with van der Waals surface area (Å²) in [4.78, 5) is 13.8. The first-order valence-electron chi connectivity index (χ1n) is 7.44. The lowest BCUT2D eigenvalue weighted by Gasteiger charge is -2.31. The van der Waals surface area contributed by atoms with Crippen LogP contribution >= 0.6 is 0 Å². The molecule has 5 heteroatoms. The molecule has 5 nitrogen and oxygen atoms in total. The van der Waals surface area contributed by atoms with Gasteiger partial charge in [-0.2, -0.15) is 0 Å². The van der Waals surface area contributed by atoms with E-state index in [1.165, 1.54) is 0 Å². The van der Waals surface area contributed by atoms with Crippen LogP contribution in [0.15, 0.2) is 30.3 Å². The number of aliphatic hydroxyl groups is 1. The second-order valence-electron chi connectivity index (χ2n) is 5.29. The molecule has 1 aliphatic rings. The molecule has 2 rings (SSSR count). The van der Waals surface area contributed by atoms with E-state index in [9.17, 15) is 4.79 Å². The largest absolute Gasteiger partial charge is 0.445 e. The number of likely N-dealkylation sites (tertiary alicyclic amines) is 1. The van der Waals surface area contributed by atoms with E-state index in [0.717, 1.165) is 24.9 Å². The number of benzene rings is 1. The average Bonchev–Trinajstić information content (AvgIpc) is 2.54. The molecule has 1 heterocycles. The van der Waals surface area contributed by atoms with Gasteiger partial charge in [0.05, 0.1) is 19.8 Å². The summed E-state index contributed by atoms with van der Waals surface area (Å²) in [7, 11) is 0. The smallest absolute Gasteiger partial charge is 0.410 e. The maximum Gasteiger partial charge on any atom is 0.410 e. The molecule has 21 heavy (non-hydrogen) atoms. The van der Waals surface area contributed by atoms with Crippen molar-refractivity contribution in [2.24, 2.45) is 5.92 Å². The monoisotopic (exact) mass is 293 g/mol. The van der Waals surface area contributed by atoms with Crippen molar-refractivity contribution < 1.29 is 19.4 Å². The van der Waals surface area contributed by atoms with Gasteiger partial charge in [-0.25, -0.2) is 4.79 Å². The number of piperidine rings is 1. The molecule has 1 N–H and O–H groups in total. The van der Waals surface area contributed by atoms with E-state index in [-0.39, 0.29) is 12.7 Å². The van der Waals surface area contributed by atoms with Gasteiger partial charge in [-0.1, -0.05) is 30.3 Å². The van der Waals surface area contributed by atoms with Gasteiger partial charge in [-0.3, -0.25) is 0 Å². The molecule has 1 atom stereocenters. The number of carbonyl (C=O) groups is 1. The Morgan fingerprint density at radius 1 is 1.33 bits per heavy atom. The Morgan fingerprint density at radius 2 is 2.14 bits per heavy atom. The van der Waals surface area contributed by atoms with Gasteiger partial charge < -0.3 is 19.5 Å². The molecule has 0 aromatic heterocycles. The van der Waals surface area contributed by atoms with E-state index in [1.807, 2.05) is 30.3 Å². The van der Waals surface area contributed by atoms with Crippen molar-refractivity contribution in [1.82, 2.24) is 4.90 Å². The van der Waals surface area contributed by atoms with Crippen LogP contribution in [-0.4, -0.2) is 49.0 Å². The third-order valence-corrected chi connectivity index (χ3v) is 3.57. The molecule has 1 saturated heterocycles. The highest BCUT2D eigenvalue weighted by molar-refractivity contribution is 5.67. The van der Waals surface area contributed by atoms with Crippen LogP contribution in [0.4, 0.5) is 4.79 Å². The van der Waals surface area contributed by atoms with Gasteiger partial charge in [0.2, 0.25) is 0 Å². The van der Waals surface area contributed by atoms with Crippen molar-refractivity contribution >= 4 is 6.09 Å². The number of hydrogen-bond acceptors (Lipinski definition) is 4. The van der Waals surface area contributed by atoms with Gasteiger partial charge in [-0.05, 0) is 18.4 Å². The number of aliphatic hydroxyl groups excluding tert-OH is 1. The molecule has 0 radical (unpaired) electrons. The number of ether oxygens (including phenoxy) is 2. The first kappa shape index (κ1) is 15.8. The summed E-state index contributed by atoms with van der Waals surface area (Å²) >= 11 is 0. The molecule has 1 aromatic rings. The highest BCUT2D eigenvalue weighted by Gasteiger charge is 2.24. The first-order chi connectivity index (χ1) is 10.3. The van der Waals surface area contributed by atoms with Gasteiger partial charge >= 0.3 is 6.09 Å². The zero-order chi connectivity index (χ0) is 14.9. The lowest BCUT2D eigenvalue weighted by Crippen LogP contribution is -2.41. The highest BCUT2D eigenvalue weighted by Crippen LogP contribution is 2.18. The van der Waals surface area contributed by atoms with Crippen molar-refractivity contribution in [2.75, 3.05) is 32.9 Å². The summed E-state index contributed by atoms with van der Waals surface area (Å²) in [6.45, 7) is 2.69. The van der Waals surface area contributed by atoms with Gasteiger partial charge in [0.1, 0.15) is 6.61 Å². The summed E-state index contributed by atoms with van der Waals surface area (Å²) in [5.74, 6) is 0.328. The molecular formula is C16H23NO4. The molecular weight excluding hydrogens is 270 g/mol. The molecule has 0 unspecified atom stereocenters. The van der Waals surface area contributed by atoms with Crippen molar-refractivity contribution in [3.8, 4) is 0 Å². The summed E-state index contributed by atoms with van der Waals surface area (Å²) in [6.07, 6.45) is 1.76. The molecule has 0 bridgehead atoms. The van der Waals surface area contributed by atoms with Crippen LogP contribution in [0, 0.1) is 5.92 Å². The van der Waals surface area contributed by atoms with E-state index in [0.29, 0.717) is 32.3 Å². The number of carbonyl (C=O) groups excluding carboxylic acids is 1. The average molecular weight is 293 g/mol. The van der Waals surface area contributed by atoms with Crippen LogP contribution in [0.2, 0.25) is 0 Å². The Hall–Kier alpha value is -1.59. The normalized spacial score (nSPS) is 18.5. The van der Waals surface area contributed by atoms with Gasteiger partial charge in [0.25, 0.3) is 0 Å². The fraction of sp³-hybridized carbons (Fsp3) is 0.562. The molecule has 1 amide bonds. The summed E-state index contributed by atoms with van der Waals surface area (Å²) in [5, 5.41) is 8.70. The van der Waals surface area contributed by atoms with Crippen molar-refractivity contribution in [1.29, 1.82) is 0 Å². The number of hydrogen-bond donors (Lipinski definition) is 1. The van der Waals surface area contributed by atoms with E-state index >= 15 is 0 Å². The molecule has 1 fully saturated rings. The third kappa shape index (κ3) is 5.36. The number of rotatable bonds is 6. The molecule has 116 valence electrons. The minimum absolute atomic E-state index is 0.0373. The minimum atomic E-state index is -0.259. The maximum absolute atomic E-state index is 12.1. The minimum Gasteiger partial charge on any atom is -0.445 e. The fourth-order valence-corrected chi connectivity index (χ4v) is 2.49. The van der Waals surface area contributed by atoms with Crippen LogP contribution < -0.4 is 0 Å². The lowest BCUT2D eigenvalue weighted by molar-refractivity contribution is 0.0340. The molecule has 1 aliphatic heterocycles. The van der Waals surface area contributed by atoms with E-state index in [2.05, 4.69) is 0 Å². The van der Waals surface area contributed by atoms with E-state index in [4.69, 9.17) is 14.6 Å². The fourth-order valence-electron chi connectivity index (χ4n) is 2.49. The Balaban J connectivity index is 1.74. The summed E-state index contributed by atoms with van der Waals surface area (Å²) in [6, 6.07) is 9.67. The van der Waals surface area contributed by atoms with Crippen LogP contribution in [0.5, 0.6) is 0 Å². The first-order valence-corrected chi connectivity index (χ1v) is 7.44. The predicted molar refractivity (Wildman–Crippen MR) is 78.8 cm³/mol. The van der Waals surface area contributed by atoms with Crippen molar-refractivity contribution in [3.05, 3.63) is 35.9 Å². The van der Waals surface area contributed by atoms with Crippen molar-refractivity contribution in [2.45, 2.75) is 19.4 Å². The second-order valence-corrected chi connectivity index (χ2v) is 5.29. The van der Waals surface area contributed by atoms with Crippen molar-refractivity contribution in [3.63, 3.8) is 0 Å². The second kappa shape index (κ2) is 8.64. The summed E-state index contributed by atoms with van der Waals surface area (Å²) < 4.78 is 10.7. The van der Waals surface area contributed by atoms with Crippen LogP contribution in [-0.2, 0) is 16.1 Å². The molecule has 0 saturated carbocycles. The standard InChI is InChI=1S/C16H23NO4/c18-9-10-20-12-15-7-4-8-17(11-15)16(19)21-13-14-5-2-1-3-6-14/h1-3,5-6,15,18H,4,7-13H2/t15-/m1/s1. The topological polar surface area (TPSA) is 59.0 Å². The van der Waals surface area contributed by atoms with Crippen LogP contribution in [0.1, 0.15) is 18.4 Å². The van der Waals surface area contributed by atoms with E-state index < -0.39 is 0 Å².